The molecule has 0 bridgehead atoms. The summed E-state index contributed by atoms with van der Waals surface area (Å²) in [5.74, 6) is -0.222. The minimum absolute atomic E-state index is 0.181. The molecule has 6 nitrogen and oxygen atoms in total. The summed E-state index contributed by atoms with van der Waals surface area (Å²) in [5.41, 5.74) is 5.67. The normalized spacial score (nSPS) is 15.5. The van der Waals surface area contributed by atoms with Crippen LogP contribution in [0.4, 0.5) is 0 Å². The van der Waals surface area contributed by atoms with Crippen LogP contribution in [-0.2, 0) is 29.0 Å². The quantitative estimate of drug-likeness (QED) is 0.198. The van der Waals surface area contributed by atoms with Crippen molar-refractivity contribution in [2.45, 2.75) is 71.5 Å². The summed E-state index contributed by atoms with van der Waals surface area (Å²) in [6, 6.07) is 14.9. The number of hydrogen-bond donors (Lipinski definition) is 0. The summed E-state index contributed by atoms with van der Waals surface area (Å²) in [5, 5.41) is 2.28. The molecule has 0 amide bonds. The smallest absolute Gasteiger partial charge is 0.325 e. The fourth-order valence-electron chi connectivity index (χ4n) is 5.73. The van der Waals surface area contributed by atoms with Crippen LogP contribution in [0.5, 0.6) is 0 Å². The van der Waals surface area contributed by atoms with Crippen LogP contribution >= 0.6 is 0 Å². The molecule has 0 saturated carbocycles. The van der Waals surface area contributed by atoms with E-state index in [-0.39, 0.29) is 18.6 Å². The number of fused-ring (bicyclic) bond motifs is 4. The van der Waals surface area contributed by atoms with Gasteiger partial charge in [0.15, 0.2) is 0 Å². The second-order valence-corrected chi connectivity index (χ2v) is 9.70. The highest BCUT2D eigenvalue weighted by Gasteiger charge is 2.28. The predicted molar refractivity (Wildman–Crippen MR) is 144 cm³/mol. The molecule has 1 aliphatic carbocycles. The highest BCUT2D eigenvalue weighted by molar-refractivity contribution is 6.09. The van der Waals surface area contributed by atoms with Crippen LogP contribution in [0.3, 0.4) is 0 Å². The Labute approximate surface area is 213 Å². The summed E-state index contributed by atoms with van der Waals surface area (Å²) in [6.45, 7) is 6.38. The lowest BCUT2D eigenvalue weighted by Crippen LogP contribution is -2.33. The molecule has 0 N–H and O–H groups in total. The van der Waals surface area contributed by atoms with Crippen molar-refractivity contribution in [1.82, 2.24) is 19.4 Å². The molecule has 5 rings (SSSR count). The van der Waals surface area contributed by atoms with Crippen LogP contribution in [-0.4, -0.2) is 38.6 Å². The third-order valence-corrected chi connectivity index (χ3v) is 7.36. The summed E-state index contributed by atoms with van der Waals surface area (Å²) in [6.07, 6.45) is 10.8. The van der Waals surface area contributed by atoms with Crippen molar-refractivity contribution in [3.05, 3.63) is 71.8 Å². The van der Waals surface area contributed by atoms with Crippen molar-refractivity contribution in [3.8, 4) is 0 Å². The monoisotopic (exact) mass is 484 g/mol. The molecule has 1 aliphatic rings. The van der Waals surface area contributed by atoms with Gasteiger partial charge in [-0.2, -0.15) is 0 Å². The van der Waals surface area contributed by atoms with Crippen molar-refractivity contribution < 1.29 is 9.53 Å². The Bertz CT molecular complexity index is 1350. The van der Waals surface area contributed by atoms with E-state index in [2.05, 4.69) is 52.8 Å². The Morgan fingerprint density at radius 3 is 2.81 bits per heavy atom. The Kier molecular flexibility index (Phi) is 7.61. The number of para-hydroxylation sites is 1. The van der Waals surface area contributed by atoms with Gasteiger partial charge < -0.3 is 9.30 Å². The SMILES string of the molecule is CCCCCN(Cc1nccc2c3ccccc3n(CC(=O)OCC)c12)C1CCCc2cccnc21. The van der Waals surface area contributed by atoms with Crippen molar-refractivity contribution >= 4 is 27.8 Å². The van der Waals surface area contributed by atoms with E-state index in [1.54, 1.807) is 0 Å². The molecule has 188 valence electrons. The van der Waals surface area contributed by atoms with E-state index in [0.717, 1.165) is 59.9 Å². The second-order valence-electron chi connectivity index (χ2n) is 9.70. The average molecular weight is 485 g/mol. The molecule has 1 unspecified atom stereocenters. The zero-order valence-electron chi connectivity index (χ0n) is 21.4. The van der Waals surface area contributed by atoms with Gasteiger partial charge >= 0.3 is 5.97 Å². The number of hydrogen-bond acceptors (Lipinski definition) is 5. The van der Waals surface area contributed by atoms with Crippen LogP contribution < -0.4 is 0 Å². The molecule has 0 spiro atoms. The maximum Gasteiger partial charge on any atom is 0.325 e. The standard InChI is InChI=1S/C30H36N4O2/c1-3-5-8-19-33(27-15-9-11-22-12-10-17-32-29(22)27)20-25-30-24(16-18-31-25)23-13-6-7-14-26(23)34(30)21-28(35)36-4-2/h6-7,10,12-14,16-18,27H,3-5,8-9,11,15,19-21H2,1-2H3. The molecule has 0 radical (unpaired) electrons. The number of rotatable bonds is 10. The van der Waals surface area contributed by atoms with Gasteiger partial charge in [-0.15, -0.1) is 0 Å². The number of aromatic nitrogens is 3. The predicted octanol–water partition coefficient (Wildman–Crippen LogP) is 6.22. The Hall–Kier alpha value is -3.25. The lowest BCUT2D eigenvalue weighted by molar-refractivity contribution is -0.143. The number of aryl methyl sites for hydroxylation is 1. The molecule has 1 atom stereocenters. The van der Waals surface area contributed by atoms with Gasteiger partial charge in [0.05, 0.1) is 29.6 Å². The molecule has 4 aromatic rings. The van der Waals surface area contributed by atoms with Gasteiger partial charge in [-0.25, -0.2) is 0 Å². The number of benzene rings is 1. The van der Waals surface area contributed by atoms with Crippen LogP contribution in [0.15, 0.2) is 54.9 Å². The number of pyridine rings is 2. The van der Waals surface area contributed by atoms with Crippen LogP contribution in [0.2, 0.25) is 0 Å². The number of esters is 1. The van der Waals surface area contributed by atoms with Gasteiger partial charge in [0.25, 0.3) is 0 Å². The van der Waals surface area contributed by atoms with E-state index in [4.69, 9.17) is 14.7 Å². The number of nitrogens with zero attached hydrogens (tertiary/aromatic N) is 4. The zero-order valence-corrected chi connectivity index (χ0v) is 21.4. The van der Waals surface area contributed by atoms with Gasteiger partial charge in [0, 0.05) is 35.2 Å². The summed E-state index contributed by atoms with van der Waals surface area (Å²) in [4.78, 5) is 24.9. The molecule has 6 heteroatoms. The number of ether oxygens (including phenoxy) is 1. The first kappa shape index (κ1) is 24.4. The average Bonchev–Trinajstić information content (AvgIpc) is 3.22. The summed E-state index contributed by atoms with van der Waals surface area (Å²) >= 11 is 0. The lowest BCUT2D eigenvalue weighted by atomic mass is 9.90. The summed E-state index contributed by atoms with van der Waals surface area (Å²) in [7, 11) is 0. The van der Waals surface area contributed by atoms with Crippen molar-refractivity contribution in [1.29, 1.82) is 0 Å². The van der Waals surface area contributed by atoms with Crippen molar-refractivity contribution in [3.63, 3.8) is 0 Å². The maximum absolute atomic E-state index is 12.6. The molecule has 1 aromatic carbocycles. The molecule has 0 fully saturated rings. The Balaban J connectivity index is 1.58. The molecule has 3 aromatic heterocycles. The lowest BCUT2D eigenvalue weighted by Gasteiger charge is -2.35. The second kappa shape index (κ2) is 11.2. The summed E-state index contributed by atoms with van der Waals surface area (Å²) < 4.78 is 7.43. The fourth-order valence-corrected chi connectivity index (χ4v) is 5.73. The molecule has 0 saturated heterocycles. The zero-order chi connectivity index (χ0) is 24.9. The minimum atomic E-state index is -0.222. The Morgan fingerprint density at radius 2 is 1.94 bits per heavy atom. The van der Waals surface area contributed by atoms with Gasteiger partial charge in [-0.05, 0) is 62.9 Å². The molecular formula is C30H36N4O2. The number of carbonyl (C=O) groups is 1. The third kappa shape index (κ3) is 4.87. The van der Waals surface area contributed by atoms with E-state index in [1.807, 2.05) is 25.4 Å². The number of carbonyl (C=O) groups excluding carboxylic acids is 1. The maximum atomic E-state index is 12.6. The highest BCUT2D eigenvalue weighted by atomic mass is 16.5. The first-order valence-corrected chi connectivity index (χ1v) is 13.4. The minimum Gasteiger partial charge on any atom is -0.465 e. The topological polar surface area (TPSA) is 60.2 Å². The van der Waals surface area contributed by atoms with Crippen LogP contribution in [0, 0.1) is 0 Å². The van der Waals surface area contributed by atoms with Crippen LogP contribution in [0.1, 0.15) is 68.9 Å². The first-order chi connectivity index (χ1) is 17.7. The fraction of sp³-hybridized carbons (Fsp3) is 0.433. The van der Waals surface area contributed by atoms with E-state index in [0.29, 0.717) is 6.61 Å². The van der Waals surface area contributed by atoms with Crippen molar-refractivity contribution in [2.24, 2.45) is 0 Å². The van der Waals surface area contributed by atoms with Crippen LogP contribution in [0.25, 0.3) is 21.8 Å². The molecular weight excluding hydrogens is 448 g/mol. The van der Waals surface area contributed by atoms with Gasteiger partial charge in [0.1, 0.15) is 6.54 Å². The van der Waals surface area contributed by atoms with E-state index in [1.165, 1.54) is 30.5 Å². The highest BCUT2D eigenvalue weighted by Crippen LogP contribution is 2.36. The Morgan fingerprint density at radius 1 is 1.06 bits per heavy atom. The first-order valence-electron chi connectivity index (χ1n) is 13.4. The van der Waals surface area contributed by atoms with E-state index < -0.39 is 0 Å². The molecule has 36 heavy (non-hydrogen) atoms. The molecule has 3 heterocycles. The third-order valence-electron chi connectivity index (χ3n) is 7.36. The largest absolute Gasteiger partial charge is 0.465 e. The van der Waals surface area contributed by atoms with E-state index >= 15 is 0 Å². The van der Waals surface area contributed by atoms with Gasteiger partial charge in [0.2, 0.25) is 0 Å². The number of unbranched alkanes of at least 4 members (excludes halogenated alkanes) is 2. The van der Waals surface area contributed by atoms with Crippen molar-refractivity contribution in [2.75, 3.05) is 13.2 Å². The van der Waals surface area contributed by atoms with Gasteiger partial charge in [-0.1, -0.05) is 44.0 Å². The molecule has 0 aliphatic heterocycles. The van der Waals surface area contributed by atoms with Gasteiger partial charge in [-0.3, -0.25) is 19.7 Å². The van der Waals surface area contributed by atoms with E-state index in [9.17, 15) is 4.79 Å².